The highest BCUT2D eigenvalue weighted by atomic mass is 31.2. The Labute approximate surface area is 103 Å². The molecule has 0 heterocycles. The van der Waals surface area contributed by atoms with Gasteiger partial charge in [0.25, 0.3) is 0 Å². The molecule has 0 spiro atoms. The molecule has 0 amide bonds. The van der Waals surface area contributed by atoms with Crippen molar-refractivity contribution in [1.82, 2.24) is 0 Å². The molecule has 0 N–H and O–H groups in total. The average Bonchev–Trinajstić information content (AvgIpc) is 2.37. The molecule has 0 fully saturated rings. The third-order valence-corrected chi connectivity index (χ3v) is 3.17. The second-order valence-corrected chi connectivity index (χ2v) is 4.36. The lowest BCUT2D eigenvalue weighted by Gasteiger charge is -2.14. The van der Waals surface area contributed by atoms with Crippen LogP contribution in [0, 0.1) is 11.3 Å². The van der Waals surface area contributed by atoms with Gasteiger partial charge in [-0.05, 0) is 31.5 Å². The fraction of sp³-hybridized carbons (Fsp3) is 0.417. The van der Waals surface area contributed by atoms with Gasteiger partial charge < -0.3 is 13.6 Å². The third kappa shape index (κ3) is 5.25. The molecule has 0 saturated carbocycles. The summed E-state index contributed by atoms with van der Waals surface area (Å²) in [5.41, 5.74) is 1.64. The van der Waals surface area contributed by atoms with Gasteiger partial charge in [0.1, 0.15) is 0 Å². The summed E-state index contributed by atoms with van der Waals surface area (Å²) in [4.78, 5) is 0. The quantitative estimate of drug-likeness (QED) is 0.699. The molecule has 0 atom stereocenters. The lowest BCUT2D eigenvalue weighted by atomic mass is 10.2. The van der Waals surface area contributed by atoms with Gasteiger partial charge in [-0.15, -0.1) is 0 Å². The van der Waals surface area contributed by atoms with E-state index in [9.17, 15) is 0 Å². The monoisotopic (exact) mass is 253 g/mol. The van der Waals surface area contributed by atoms with E-state index in [4.69, 9.17) is 18.8 Å². The Bertz CT molecular complexity index is 355. The van der Waals surface area contributed by atoms with Gasteiger partial charge in [0.05, 0.1) is 31.5 Å². The molecule has 0 aliphatic heterocycles. The van der Waals surface area contributed by atoms with Crippen molar-refractivity contribution in [3.63, 3.8) is 0 Å². The number of hydrogen-bond donors (Lipinski definition) is 0. The Morgan fingerprint density at radius 3 is 2.12 bits per heavy atom. The SMILES string of the molecule is CCOP(OCC)OCc1ccc(C#N)cc1. The molecular formula is C12H16NO3P. The minimum absolute atomic E-state index is 0.428. The summed E-state index contributed by atoms with van der Waals surface area (Å²) in [7, 11) is -1.26. The van der Waals surface area contributed by atoms with Gasteiger partial charge in [0.15, 0.2) is 0 Å². The molecule has 4 nitrogen and oxygen atoms in total. The van der Waals surface area contributed by atoms with E-state index >= 15 is 0 Å². The summed E-state index contributed by atoms with van der Waals surface area (Å²) in [5, 5.41) is 8.67. The number of nitrogens with zero attached hydrogens (tertiary/aromatic N) is 1. The highest BCUT2D eigenvalue weighted by molar-refractivity contribution is 7.41. The van der Waals surface area contributed by atoms with Gasteiger partial charge in [-0.2, -0.15) is 5.26 Å². The summed E-state index contributed by atoms with van der Waals surface area (Å²) >= 11 is 0. The average molecular weight is 253 g/mol. The molecule has 1 rings (SSSR count). The Kier molecular flexibility index (Phi) is 6.76. The Balaban J connectivity index is 2.44. The summed E-state index contributed by atoms with van der Waals surface area (Å²) in [5.74, 6) is 0. The van der Waals surface area contributed by atoms with E-state index in [-0.39, 0.29) is 0 Å². The maximum absolute atomic E-state index is 8.67. The Hall–Kier alpha value is -0.980. The fourth-order valence-corrected chi connectivity index (χ4v) is 2.03. The second-order valence-electron chi connectivity index (χ2n) is 3.14. The first kappa shape index (κ1) is 14.1. The van der Waals surface area contributed by atoms with Crippen molar-refractivity contribution in [2.24, 2.45) is 0 Å². The normalized spacial score (nSPS) is 10.5. The van der Waals surface area contributed by atoms with Gasteiger partial charge in [-0.1, -0.05) is 12.1 Å². The lowest BCUT2D eigenvalue weighted by molar-refractivity contribution is 0.164. The van der Waals surface area contributed by atoms with Crippen molar-refractivity contribution in [2.75, 3.05) is 13.2 Å². The summed E-state index contributed by atoms with van der Waals surface area (Å²) in [6, 6.07) is 9.34. The molecule has 0 aliphatic rings. The number of benzene rings is 1. The smallest absolute Gasteiger partial charge is 0.313 e. The molecule has 0 unspecified atom stereocenters. The first-order chi connectivity index (χ1) is 8.30. The van der Waals surface area contributed by atoms with Gasteiger partial charge >= 0.3 is 8.60 Å². The van der Waals surface area contributed by atoms with Crippen LogP contribution < -0.4 is 0 Å². The molecule has 0 aromatic heterocycles. The molecule has 17 heavy (non-hydrogen) atoms. The zero-order valence-corrected chi connectivity index (χ0v) is 10.9. The van der Waals surface area contributed by atoms with Crippen LogP contribution in [-0.4, -0.2) is 13.2 Å². The maximum Gasteiger partial charge on any atom is 0.332 e. The minimum Gasteiger partial charge on any atom is -0.313 e. The van der Waals surface area contributed by atoms with E-state index in [0.717, 1.165) is 5.56 Å². The van der Waals surface area contributed by atoms with E-state index in [1.807, 2.05) is 26.0 Å². The van der Waals surface area contributed by atoms with Crippen molar-refractivity contribution >= 4 is 8.60 Å². The topological polar surface area (TPSA) is 51.5 Å². The molecule has 5 heteroatoms. The number of hydrogen-bond acceptors (Lipinski definition) is 4. The van der Waals surface area contributed by atoms with E-state index in [0.29, 0.717) is 25.4 Å². The second kappa shape index (κ2) is 8.16. The van der Waals surface area contributed by atoms with Crippen LogP contribution in [0.1, 0.15) is 25.0 Å². The summed E-state index contributed by atoms with van der Waals surface area (Å²) in [6.07, 6.45) is 0. The number of nitriles is 1. The molecule has 1 aromatic rings. The number of rotatable bonds is 7. The van der Waals surface area contributed by atoms with Crippen LogP contribution in [0.3, 0.4) is 0 Å². The van der Waals surface area contributed by atoms with E-state index in [1.54, 1.807) is 12.1 Å². The van der Waals surface area contributed by atoms with Crippen molar-refractivity contribution < 1.29 is 13.6 Å². The largest absolute Gasteiger partial charge is 0.332 e. The van der Waals surface area contributed by atoms with Crippen LogP contribution in [0.2, 0.25) is 0 Å². The van der Waals surface area contributed by atoms with E-state index in [2.05, 4.69) is 6.07 Å². The first-order valence-electron chi connectivity index (χ1n) is 5.48. The van der Waals surface area contributed by atoms with Gasteiger partial charge in [-0.3, -0.25) is 0 Å². The third-order valence-electron chi connectivity index (χ3n) is 1.89. The van der Waals surface area contributed by atoms with Crippen molar-refractivity contribution in [3.05, 3.63) is 35.4 Å². The molecule has 0 radical (unpaired) electrons. The molecular weight excluding hydrogens is 237 g/mol. The fourth-order valence-electron chi connectivity index (χ4n) is 1.13. The van der Waals surface area contributed by atoms with Crippen molar-refractivity contribution in [3.8, 4) is 6.07 Å². The van der Waals surface area contributed by atoms with Crippen LogP contribution in [0.5, 0.6) is 0 Å². The van der Waals surface area contributed by atoms with Gasteiger partial charge in [-0.25, -0.2) is 0 Å². The zero-order chi connectivity index (χ0) is 12.5. The van der Waals surface area contributed by atoms with Crippen LogP contribution in [0.4, 0.5) is 0 Å². The van der Waals surface area contributed by atoms with Crippen molar-refractivity contribution in [1.29, 1.82) is 5.26 Å². The van der Waals surface area contributed by atoms with Crippen molar-refractivity contribution in [2.45, 2.75) is 20.5 Å². The molecule has 1 aromatic carbocycles. The molecule has 92 valence electrons. The standard InChI is InChI=1S/C12H16NO3P/c1-3-14-17(15-4-2)16-10-12-7-5-11(9-13)6-8-12/h5-8H,3-4,10H2,1-2H3. The molecule has 0 bridgehead atoms. The molecule has 0 aliphatic carbocycles. The predicted octanol–water partition coefficient (Wildman–Crippen LogP) is 3.37. The molecule has 0 saturated heterocycles. The summed E-state index contributed by atoms with van der Waals surface area (Å²) < 4.78 is 16.2. The van der Waals surface area contributed by atoms with Crippen LogP contribution in [-0.2, 0) is 20.2 Å². The minimum atomic E-state index is -1.26. The highest BCUT2D eigenvalue weighted by Crippen LogP contribution is 2.40. The maximum atomic E-state index is 8.67. The van der Waals surface area contributed by atoms with Gasteiger partial charge in [0.2, 0.25) is 0 Å². The van der Waals surface area contributed by atoms with Crippen LogP contribution in [0.25, 0.3) is 0 Å². The van der Waals surface area contributed by atoms with Crippen LogP contribution >= 0.6 is 8.60 Å². The van der Waals surface area contributed by atoms with Gasteiger partial charge in [0, 0.05) is 0 Å². The zero-order valence-electron chi connectivity index (χ0n) is 10.0. The van der Waals surface area contributed by atoms with E-state index in [1.165, 1.54) is 0 Å². The van der Waals surface area contributed by atoms with Crippen LogP contribution in [0.15, 0.2) is 24.3 Å². The van der Waals surface area contributed by atoms with E-state index < -0.39 is 8.60 Å². The summed E-state index contributed by atoms with van der Waals surface area (Å²) in [6.45, 7) is 5.37. The Morgan fingerprint density at radius 1 is 1.06 bits per heavy atom. The highest BCUT2D eigenvalue weighted by Gasteiger charge is 2.10. The first-order valence-corrected chi connectivity index (χ1v) is 6.57. The lowest BCUT2D eigenvalue weighted by Crippen LogP contribution is -1.96. The predicted molar refractivity (Wildman–Crippen MR) is 66.1 cm³/mol. The Morgan fingerprint density at radius 2 is 1.65 bits per heavy atom.